The van der Waals surface area contributed by atoms with Crippen LogP contribution in [0.1, 0.15) is 0 Å². The third kappa shape index (κ3) is 11.1. The highest BCUT2D eigenvalue weighted by atomic mass is 19.4. The molecule has 2 heterocycles. The summed E-state index contributed by atoms with van der Waals surface area (Å²) in [4.78, 5) is 8.44. The molecule has 0 amide bonds. The Morgan fingerprint density at radius 1 is 0.756 bits per heavy atom. The highest BCUT2D eigenvalue weighted by molar-refractivity contribution is 5.64. The number of nitrogens with one attached hydrogen (secondary N) is 1. The first-order valence-corrected chi connectivity index (χ1v) is 12.8. The Morgan fingerprint density at radius 3 is 2.15 bits per heavy atom. The summed E-state index contributed by atoms with van der Waals surface area (Å²) in [7, 11) is 0. The number of anilines is 2. The minimum absolute atomic E-state index is 0.304. The Balaban J connectivity index is 1.08. The van der Waals surface area contributed by atoms with Crippen molar-refractivity contribution in [2.24, 2.45) is 0 Å². The number of nitrogens with zero attached hydrogens (tertiary/aromatic N) is 4. The molecule has 0 fully saturated rings. The molecule has 0 atom stereocenters. The molecule has 4 rings (SSSR count). The van der Waals surface area contributed by atoms with Gasteiger partial charge >= 0.3 is 6.36 Å². The zero-order valence-electron chi connectivity index (χ0n) is 22.1. The molecule has 0 saturated carbocycles. The molecular formula is C28H30F3N5O5. The average molecular weight is 574 g/mol. The van der Waals surface area contributed by atoms with Gasteiger partial charge < -0.3 is 29.0 Å². The fourth-order valence-corrected chi connectivity index (χ4v) is 3.52. The molecule has 4 aromatic rings. The van der Waals surface area contributed by atoms with Crippen LogP contribution in [0.25, 0.3) is 11.3 Å². The quantitative estimate of drug-likeness (QED) is 0.173. The summed E-state index contributed by atoms with van der Waals surface area (Å²) in [6.07, 6.45) is 0.178. The maximum Gasteiger partial charge on any atom is 0.573 e. The number of hydrogen-bond acceptors (Lipinski definition) is 9. The molecule has 10 nitrogen and oxygen atoms in total. The van der Waals surface area contributed by atoms with Crippen molar-refractivity contribution >= 4 is 11.5 Å². The molecule has 0 bridgehead atoms. The summed E-state index contributed by atoms with van der Waals surface area (Å²) in [5.74, 6) is 0.989. The lowest BCUT2D eigenvalue weighted by molar-refractivity contribution is -0.274. The lowest BCUT2D eigenvalue weighted by Crippen LogP contribution is -2.16. The summed E-state index contributed by atoms with van der Waals surface area (Å²) in [6, 6.07) is 16.7. The topological polar surface area (TPSA) is 102 Å². The second-order valence-corrected chi connectivity index (χ2v) is 8.48. The Kier molecular flexibility index (Phi) is 11.3. The normalized spacial score (nSPS) is 11.4. The highest BCUT2D eigenvalue weighted by Crippen LogP contribution is 2.26. The van der Waals surface area contributed by atoms with Crippen LogP contribution < -0.4 is 14.8 Å². The number of para-hydroxylation sites is 1. The van der Waals surface area contributed by atoms with E-state index in [0.29, 0.717) is 70.0 Å². The molecule has 0 saturated heterocycles. The predicted octanol–water partition coefficient (Wildman–Crippen LogP) is 5.11. The van der Waals surface area contributed by atoms with Gasteiger partial charge in [-0.25, -0.2) is 9.97 Å². The molecule has 41 heavy (non-hydrogen) atoms. The zero-order valence-corrected chi connectivity index (χ0v) is 22.1. The smallest absolute Gasteiger partial charge is 0.491 e. The first-order chi connectivity index (χ1) is 19.9. The summed E-state index contributed by atoms with van der Waals surface area (Å²) >= 11 is 0. The fraction of sp³-hybridized carbons (Fsp3) is 0.321. The van der Waals surface area contributed by atoms with E-state index in [1.54, 1.807) is 16.9 Å². The maximum absolute atomic E-state index is 12.3. The van der Waals surface area contributed by atoms with Crippen molar-refractivity contribution in [3.05, 3.63) is 79.4 Å². The molecule has 1 N–H and O–H groups in total. The largest absolute Gasteiger partial charge is 0.573 e. The van der Waals surface area contributed by atoms with Gasteiger partial charge in [-0.05, 0) is 36.4 Å². The van der Waals surface area contributed by atoms with Gasteiger partial charge in [0, 0.05) is 23.5 Å². The van der Waals surface area contributed by atoms with Crippen molar-refractivity contribution in [2.75, 3.05) is 51.6 Å². The van der Waals surface area contributed by atoms with E-state index in [0.717, 1.165) is 11.3 Å². The van der Waals surface area contributed by atoms with Crippen LogP contribution in [-0.4, -0.2) is 72.4 Å². The van der Waals surface area contributed by atoms with Gasteiger partial charge in [-0.1, -0.05) is 18.2 Å². The van der Waals surface area contributed by atoms with E-state index in [2.05, 4.69) is 25.1 Å². The second-order valence-electron chi connectivity index (χ2n) is 8.48. The minimum atomic E-state index is -4.74. The molecule has 0 aliphatic heterocycles. The molecule has 0 unspecified atom stereocenters. The van der Waals surface area contributed by atoms with E-state index in [1.807, 2.05) is 36.5 Å². The molecule has 218 valence electrons. The van der Waals surface area contributed by atoms with Crippen LogP contribution in [0.5, 0.6) is 11.5 Å². The lowest BCUT2D eigenvalue weighted by atomic mass is 10.2. The molecular weight excluding hydrogens is 543 g/mol. The van der Waals surface area contributed by atoms with Gasteiger partial charge in [0.05, 0.1) is 58.1 Å². The van der Waals surface area contributed by atoms with Crippen molar-refractivity contribution < 1.29 is 36.9 Å². The molecule has 0 spiro atoms. The average Bonchev–Trinajstić information content (AvgIpc) is 3.44. The Labute approximate surface area is 235 Å². The van der Waals surface area contributed by atoms with E-state index < -0.39 is 6.36 Å². The lowest BCUT2D eigenvalue weighted by Gasteiger charge is -2.10. The Hall–Kier alpha value is -4.20. The van der Waals surface area contributed by atoms with Gasteiger partial charge in [0.1, 0.15) is 30.3 Å². The number of hydrogen-bond donors (Lipinski definition) is 1. The maximum atomic E-state index is 12.3. The molecule has 2 aromatic carbocycles. The zero-order chi connectivity index (χ0) is 28.8. The number of ether oxygens (including phenoxy) is 5. The van der Waals surface area contributed by atoms with Crippen LogP contribution in [0.4, 0.5) is 24.7 Å². The Bertz CT molecular complexity index is 1310. The van der Waals surface area contributed by atoms with Gasteiger partial charge in [-0.2, -0.15) is 5.10 Å². The summed E-state index contributed by atoms with van der Waals surface area (Å²) < 4.78 is 64.8. The van der Waals surface area contributed by atoms with Crippen LogP contribution in [0.2, 0.25) is 0 Å². The second kappa shape index (κ2) is 15.6. The van der Waals surface area contributed by atoms with Crippen LogP contribution in [0.15, 0.2) is 79.4 Å². The van der Waals surface area contributed by atoms with Crippen molar-refractivity contribution in [2.45, 2.75) is 12.9 Å². The van der Waals surface area contributed by atoms with Crippen molar-refractivity contribution in [1.82, 2.24) is 19.7 Å². The van der Waals surface area contributed by atoms with E-state index in [1.165, 1.54) is 30.6 Å². The molecule has 0 aliphatic carbocycles. The molecule has 2 aromatic heterocycles. The minimum Gasteiger partial charge on any atom is -0.491 e. The van der Waals surface area contributed by atoms with Gasteiger partial charge in [0.25, 0.3) is 0 Å². The first kappa shape index (κ1) is 29.8. The van der Waals surface area contributed by atoms with Gasteiger partial charge in [0.2, 0.25) is 0 Å². The van der Waals surface area contributed by atoms with Gasteiger partial charge in [-0.15, -0.1) is 13.2 Å². The van der Waals surface area contributed by atoms with Gasteiger partial charge in [-0.3, -0.25) is 4.68 Å². The number of halogens is 3. The fourth-order valence-electron chi connectivity index (χ4n) is 3.52. The molecule has 0 radical (unpaired) electrons. The van der Waals surface area contributed by atoms with Crippen LogP contribution in [0.3, 0.4) is 0 Å². The third-order valence-corrected chi connectivity index (χ3v) is 5.40. The summed E-state index contributed by atoms with van der Waals surface area (Å²) in [6.45, 7) is 3.86. The van der Waals surface area contributed by atoms with Crippen molar-refractivity contribution in [3.8, 4) is 22.8 Å². The Morgan fingerprint density at radius 2 is 1.44 bits per heavy atom. The van der Waals surface area contributed by atoms with E-state index in [4.69, 9.17) is 18.9 Å². The molecule has 0 aliphatic rings. The summed E-state index contributed by atoms with van der Waals surface area (Å²) in [5.41, 5.74) is 1.96. The SMILES string of the molecule is FC(F)(F)Oc1ccc(Nc2cc(-c3cnn(CCOCCOCCOCCOc4ccccc4)c3)ncn2)cc1. The monoisotopic (exact) mass is 573 g/mol. The third-order valence-electron chi connectivity index (χ3n) is 5.40. The predicted molar refractivity (Wildman–Crippen MR) is 144 cm³/mol. The molecule has 13 heteroatoms. The van der Waals surface area contributed by atoms with E-state index in [-0.39, 0.29) is 5.75 Å². The number of alkyl halides is 3. The van der Waals surface area contributed by atoms with E-state index in [9.17, 15) is 13.2 Å². The van der Waals surface area contributed by atoms with E-state index >= 15 is 0 Å². The first-order valence-electron chi connectivity index (χ1n) is 12.8. The highest BCUT2D eigenvalue weighted by Gasteiger charge is 2.30. The standard InChI is InChI=1S/C28H30F3N5O5/c29-28(30,31)41-25-8-6-23(7-9-25)35-27-18-26(32-21-33-27)22-19-34-36(20-22)10-11-37-12-13-38-14-15-39-16-17-40-24-4-2-1-3-5-24/h1-9,18-21H,10-17H2,(H,32,33,35). The van der Waals surface area contributed by atoms with Crippen LogP contribution in [-0.2, 0) is 20.8 Å². The number of benzene rings is 2. The number of rotatable bonds is 17. The van der Waals surface area contributed by atoms with Crippen molar-refractivity contribution in [3.63, 3.8) is 0 Å². The van der Waals surface area contributed by atoms with Crippen LogP contribution >= 0.6 is 0 Å². The number of aromatic nitrogens is 4. The van der Waals surface area contributed by atoms with Crippen LogP contribution in [0, 0.1) is 0 Å². The summed E-state index contributed by atoms with van der Waals surface area (Å²) in [5, 5.41) is 7.37. The van der Waals surface area contributed by atoms with Crippen molar-refractivity contribution in [1.29, 1.82) is 0 Å². The van der Waals surface area contributed by atoms with Gasteiger partial charge in [0.15, 0.2) is 0 Å².